The van der Waals surface area contributed by atoms with Gasteiger partial charge in [0.2, 0.25) is 0 Å². The van der Waals surface area contributed by atoms with Crippen molar-refractivity contribution in [1.29, 1.82) is 0 Å². The zero-order chi connectivity index (χ0) is 12.4. The fraction of sp³-hybridized carbons (Fsp3) is 0.786. The van der Waals surface area contributed by atoms with Crippen LogP contribution in [0.3, 0.4) is 0 Å². The molecule has 0 saturated carbocycles. The van der Waals surface area contributed by atoms with Gasteiger partial charge in [-0.1, -0.05) is 0 Å². The monoisotopic (exact) mass is 249 g/mol. The molecule has 1 aromatic heterocycles. The molecule has 0 amide bonds. The van der Waals surface area contributed by atoms with Crippen LogP contribution in [0.5, 0.6) is 0 Å². The lowest BCUT2D eigenvalue weighted by Gasteiger charge is -2.30. The van der Waals surface area contributed by atoms with Gasteiger partial charge in [-0.2, -0.15) is 0 Å². The Balaban J connectivity index is 1.85. The molecule has 1 N–H and O–H groups in total. The Kier molecular flexibility index (Phi) is 3.66. The first kappa shape index (κ1) is 12.2. The molecule has 0 radical (unpaired) electrons. The second-order valence-electron chi connectivity index (χ2n) is 5.51. The van der Waals surface area contributed by atoms with Crippen molar-refractivity contribution in [3.63, 3.8) is 0 Å². The summed E-state index contributed by atoms with van der Waals surface area (Å²) in [5.41, 5.74) is 1.31. The molecule has 2 aliphatic rings. The van der Waals surface area contributed by atoms with Crippen LogP contribution in [0.15, 0.2) is 6.20 Å². The fourth-order valence-electron chi connectivity index (χ4n) is 3.25. The molecule has 4 nitrogen and oxygen atoms in total. The normalized spacial score (nSPS) is 26.4. The summed E-state index contributed by atoms with van der Waals surface area (Å²) in [6.45, 7) is 6.22. The van der Waals surface area contributed by atoms with Gasteiger partial charge in [0.15, 0.2) is 0 Å². The highest BCUT2D eigenvalue weighted by Crippen LogP contribution is 2.30. The number of piperidine rings is 1. The molecular formula is C14H23N3O. The summed E-state index contributed by atoms with van der Waals surface area (Å²) in [6.07, 6.45) is 6.84. The number of hydrogen-bond donors (Lipinski definition) is 1. The quantitative estimate of drug-likeness (QED) is 0.871. The number of nitrogens with zero attached hydrogens (tertiary/aromatic N) is 2. The van der Waals surface area contributed by atoms with E-state index < -0.39 is 0 Å². The van der Waals surface area contributed by atoms with E-state index >= 15 is 0 Å². The maximum Gasteiger partial charge on any atom is 0.112 e. The summed E-state index contributed by atoms with van der Waals surface area (Å²) in [4.78, 5) is 4.69. The largest absolute Gasteiger partial charge is 0.381 e. The van der Waals surface area contributed by atoms with Gasteiger partial charge in [-0.3, -0.25) is 0 Å². The molecule has 0 bridgehead atoms. The van der Waals surface area contributed by atoms with Crippen LogP contribution in [0.2, 0.25) is 0 Å². The average Bonchev–Trinajstić information content (AvgIpc) is 2.83. The Morgan fingerprint density at radius 2 is 2.17 bits per heavy atom. The Morgan fingerprint density at radius 1 is 1.33 bits per heavy atom. The number of aromatic nitrogens is 2. The first-order valence-electron chi connectivity index (χ1n) is 7.18. The van der Waals surface area contributed by atoms with E-state index in [2.05, 4.69) is 16.8 Å². The van der Waals surface area contributed by atoms with E-state index in [4.69, 9.17) is 9.72 Å². The number of rotatable bonds is 2. The maximum absolute atomic E-state index is 5.46. The van der Waals surface area contributed by atoms with Crippen molar-refractivity contribution < 1.29 is 4.74 Å². The van der Waals surface area contributed by atoms with E-state index in [1.54, 1.807) is 0 Å². The zero-order valence-corrected chi connectivity index (χ0v) is 11.2. The highest BCUT2D eigenvalue weighted by atomic mass is 16.5. The summed E-state index contributed by atoms with van der Waals surface area (Å²) in [5.74, 6) is 1.89. The third-order valence-electron chi connectivity index (χ3n) is 4.23. The Morgan fingerprint density at radius 3 is 2.89 bits per heavy atom. The maximum atomic E-state index is 5.46. The lowest BCUT2D eigenvalue weighted by molar-refractivity contribution is 0.0822. The average molecular weight is 249 g/mol. The summed E-state index contributed by atoms with van der Waals surface area (Å²) in [6, 6.07) is 0.596. The Bertz CT molecular complexity index is 390. The van der Waals surface area contributed by atoms with Crippen molar-refractivity contribution in [1.82, 2.24) is 14.9 Å². The van der Waals surface area contributed by atoms with E-state index in [1.807, 2.05) is 6.20 Å². The lowest BCUT2D eigenvalue weighted by Crippen LogP contribution is -2.33. The SMILES string of the molecule is Cc1cnc(C2CCOCC2)n1[C@H]1CCCNC1. The topological polar surface area (TPSA) is 39.1 Å². The van der Waals surface area contributed by atoms with Crippen LogP contribution < -0.4 is 5.32 Å². The van der Waals surface area contributed by atoms with Crippen LogP contribution in [0.4, 0.5) is 0 Å². The number of aryl methyl sites for hydroxylation is 1. The van der Waals surface area contributed by atoms with Crippen LogP contribution in [0, 0.1) is 6.92 Å². The minimum atomic E-state index is 0.592. The second-order valence-corrected chi connectivity index (χ2v) is 5.51. The molecule has 0 aliphatic carbocycles. The molecule has 1 aromatic rings. The van der Waals surface area contributed by atoms with Crippen molar-refractivity contribution in [2.24, 2.45) is 0 Å². The third kappa shape index (κ3) is 2.31. The number of hydrogen-bond acceptors (Lipinski definition) is 3. The van der Waals surface area contributed by atoms with Crippen molar-refractivity contribution in [2.45, 2.75) is 44.6 Å². The minimum absolute atomic E-state index is 0.592. The van der Waals surface area contributed by atoms with Gasteiger partial charge in [0.05, 0.1) is 0 Å². The summed E-state index contributed by atoms with van der Waals surface area (Å²) < 4.78 is 7.95. The Hall–Kier alpha value is -0.870. The van der Waals surface area contributed by atoms with Crippen molar-refractivity contribution in [3.05, 3.63) is 17.7 Å². The number of nitrogens with one attached hydrogen (secondary N) is 1. The molecule has 100 valence electrons. The second kappa shape index (κ2) is 5.41. The standard InChI is InChI=1S/C14H23N3O/c1-11-9-16-14(12-4-7-18-8-5-12)17(11)13-3-2-6-15-10-13/h9,12-13,15H,2-8,10H2,1H3/t13-/m0/s1. The molecule has 2 fully saturated rings. The van der Waals surface area contributed by atoms with Gasteiger partial charge < -0.3 is 14.6 Å². The number of ether oxygens (including phenoxy) is 1. The third-order valence-corrected chi connectivity index (χ3v) is 4.23. The smallest absolute Gasteiger partial charge is 0.112 e. The van der Waals surface area contributed by atoms with Gasteiger partial charge in [-0.15, -0.1) is 0 Å². The lowest BCUT2D eigenvalue weighted by atomic mass is 9.98. The molecule has 0 aromatic carbocycles. The van der Waals surface area contributed by atoms with E-state index in [-0.39, 0.29) is 0 Å². The van der Waals surface area contributed by atoms with Crippen LogP contribution in [0.1, 0.15) is 49.2 Å². The zero-order valence-electron chi connectivity index (χ0n) is 11.2. The summed E-state index contributed by atoms with van der Waals surface area (Å²) in [5, 5.41) is 3.51. The van der Waals surface area contributed by atoms with E-state index in [1.165, 1.54) is 24.4 Å². The molecule has 1 atom stereocenters. The van der Waals surface area contributed by atoms with E-state index in [0.29, 0.717) is 12.0 Å². The highest BCUT2D eigenvalue weighted by molar-refractivity contribution is 5.11. The van der Waals surface area contributed by atoms with Crippen LogP contribution in [0.25, 0.3) is 0 Å². The first-order valence-corrected chi connectivity index (χ1v) is 7.18. The van der Waals surface area contributed by atoms with Gasteiger partial charge in [0.25, 0.3) is 0 Å². The van der Waals surface area contributed by atoms with E-state index in [9.17, 15) is 0 Å². The van der Waals surface area contributed by atoms with Gasteiger partial charge in [0, 0.05) is 43.6 Å². The number of imidazole rings is 1. The van der Waals surface area contributed by atoms with Gasteiger partial charge in [-0.05, 0) is 39.2 Å². The van der Waals surface area contributed by atoms with Gasteiger partial charge in [-0.25, -0.2) is 4.98 Å². The molecule has 4 heteroatoms. The van der Waals surface area contributed by atoms with Crippen molar-refractivity contribution in [3.8, 4) is 0 Å². The molecule has 0 unspecified atom stereocenters. The molecular weight excluding hydrogens is 226 g/mol. The van der Waals surface area contributed by atoms with Crippen LogP contribution in [-0.2, 0) is 4.74 Å². The summed E-state index contributed by atoms with van der Waals surface area (Å²) in [7, 11) is 0. The summed E-state index contributed by atoms with van der Waals surface area (Å²) >= 11 is 0. The highest BCUT2D eigenvalue weighted by Gasteiger charge is 2.25. The van der Waals surface area contributed by atoms with Crippen molar-refractivity contribution in [2.75, 3.05) is 26.3 Å². The van der Waals surface area contributed by atoms with Gasteiger partial charge in [0.1, 0.15) is 5.82 Å². The molecule has 18 heavy (non-hydrogen) atoms. The first-order chi connectivity index (χ1) is 8.86. The van der Waals surface area contributed by atoms with E-state index in [0.717, 1.165) is 39.1 Å². The minimum Gasteiger partial charge on any atom is -0.381 e. The molecule has 2 saturated heterocycles. The van der Waals surface area contributed by atoms with Gasteiger partial charge >= 0.3 is 0 Å². The predicted molar refractivity (Wildman–Crippen MR) is 70.9 cm³/mol. The van der Waals surface area contributed by atoms with Crippen LogP contribution in [-0.4, -0.2) is 35.9 Å². The molecule has 0 spiro atoms. The van der Waals surface area contributed by atoms with Crippen LogP contribution >= 0.6 is 0 Å². The molecule has 3 heterocycles. The molecule has 3 rings (SSSR count). The van der Waals surface area contributed by atoms with Crippen molar-refractivity contribution >= 4 is 0 Å². The fourth-order valence-corrected chi connectivity index (χ4v) is 3.25. The Labute approximate surface area is 109 Å². The predicted octanol–water partition coefficient (Wildman–Crippen LogP) is 2.01. The molecule has 2 aliphatic heterocycles.